The second-order valence-electron chi connectivity index (χ2n) is 5.46. The van der Waals surface area contributed by atoms with Gasteiger partial charge >= 0.3 is 6.18 Å². The number of ether oxygens (including phenoxy) is 2. The fourth-order valence-electron chi connectivity index (χ4n) is 2.01. The molecular weight excluding hydrogens is 351 g/mol. The molecule has 0 aromatic heterocycles. The van der Waals surface area contributed by atoms with Crippen LogP contribution >= 0.6 is 0 Å². The van der Waals surface area contributed by atoms with Gasteiger partial charge in [-0.1, -0.05) is 36.4 Å². The zero-order valence-corrected chi connectivity index (χ0v) is 13.8. The number of hydrogen-bond acceptors (Lipinski definition) is 4. The van der Waals surface area contributed by atoms with E-state index in [0.717, 1.165) is 5.56 Å². The Kier molecular flexibility index (Phi) is 6.85. The molecule has 2 aromatic carbocycles. The van der Waals surface area contributed by atoms with Crippen molar-refractivity contribution in [2.24, 2.45) is 0 Å². The number of halogens is 3. The maximum atomic E-state index is 12.0. The molecule has 8 heteroatoms. The number of para-hydroxylation sites is 2. The number of benzene rings is 2. The van der Waals surface area contributed by atoms with Gasteiger partial charge in [0.05, 0.1) is 6.61 Å². The highest BCUT2D eigenvalue weighted by atomic mass is 19.4. The van der Waals surface area contributed by atoms with Gasteiger partial charge in [0.15, 0.2) is 18.1 Å². The minimum Gasteiger partial charge on any atom is -0.504 e. The zero-order chi connectivity index (χ0) is 19.0. The number of phenolic OH excluding ortho intramolecular Hbond substituents is 1. The van der Waals surface area contributed by atoms with Gasteiger partial charge in [0.1, 0.15) is 6.61 Å². The average Bonchev–Trinajstić information content (AvgIpc) is 2.59. The van der Waals surface area contributed by atoms with Crippen LogP contribution in [0.25, 0.3) is 0 Å². The molecule has 0 spiro atoms. The lowest BCUT2D eigenvalue weighted by atomic mass is 10.1. The van der Waals surface area contributed by atoms with E-state index in [1.807, 2.05) is 0 Å². The second kappa shape index (κ2) is 9.10. The Labute approximate surface area is 148 Å². The van der Waals surface area contributed by atoms with E-state index in [1.165, 1.54) is 6.07 Å². The van der Waals surface area contributed by atoms with Gasteiger partial charge in [-0.05, 0) is 23.3 Å². The van der Waals surface area contributed by atoms with Crippen LogP contribution < -0.4 is 10.1 Å². The molecule has 2 aromatic rings. The lowest BCUT2D eigenvalue weighted by Crippen LogP contribution is -2.28. The number of alkyl halides is 3. The summed E-state index contributed by atoms with van der Waals surface area (Å²) in [6.45, 7) is -1.43. The van der Waals surface area contributed by atoms with E-state index in [-0.39, 0.29) is 37.2 Å². The summed E-state index contributed by atoms with van der Waals surface area (Å²) in [6, 6.07) is 13.0. The molecule has 2 N–H and O–H groups in total. The van der Waals surface area contributed by atoms with E-state index in [4.69, 9.17) is 4.74 Å². The predicted molar refractivity (Wildman–Crippen MR) is 87.6 cm³/mol. The standard InChI is InChI=1S/C18H18F3NO4/c19-18(20,21)12-25-10-14-7-5-13(6-8-14)9-22-17(24)11-26-16-4-2-1-3-15(16)23/h1-8,23H,9-12H2,(H,22,24). The molecule has 26 heavy (non-hydrogen) atoms. The van der Waals surface area contributed by atoms with E-state index < -0.39 is 12.8 Å². The Balaban J connectivity index is 1.72. The Bertz CT molecular complexity index is 717. The topological polar surface area (TPSA) is 67.8 Å². The van der Waals surface area contributed by atoms with Crippen molar-refractivity contribution in [2.45, 2.75) is 19.3 Å². The van der Waals surface area contributed by atoms with E-state index in [1.54, 1.807) is 42.5 Å². The van der Waals surface area contributed by atoms with E-state index in [9.17, 15) is 23.1 Å². The van der Waals surface area contributed by atoms with Crippen molar-refractivity contribution in [1.82, 2.24) is 5.32 Å². The third-order valence-electron chi connectivity index (χ3n) is 3.27. The summed E-state index contributed by atoms with van der Waals surface area (Å²) in [5.74, 6) is -0.208. The van der Waals surface area contributed by atoms with Crippen LogP contribution in [0.5, 0.6) is 11.5 Å². The fraction of sp³-hybridized carbons (Fsp3) is 0.278. The highest BCUT2D eigenvalue weighted by Crippen LogP contribution is 2.24. The van der Waals surface area contributed by atoms with Gasteiger partial charge in [-0.3, -0.25) is 4.79 Å². The van der Waals surface area contributed by atoms with Crippen molar-refractivity contribution in [3.63, 3.8) is 0 Å². The van der Waals surface area contributed by atoms with Crippen LogP contribution in [0.1, 0.15) is 11.1 Å². The molecule has 0 bridgehead atoms. The van der Waals surface area contributed by atoms with Gasteiger partial charge in [0.2, 0.25) is 0 Å². The SMILES string of the molecule is O=C(COc1ccccc1O)NCc1ccc(COCC(F)(F)F)cc1. The number of rotatable bonds is 8. The minimum atomic E-state index is -4.34. The summed E-state index contributed by atoms with van der Waals surface area (Å²) < 4.78 is 45.8. The maximum Gasteiger partial charge on any atom is 0.411 e. The van der Waals surface area contributed by atoms with Crippen LogP contribution in [0.4, 0.5) is 13.2 Å². The third-order valence-corrected chi connectivity index (χ3v) is 3.27. The van der Waals surface area contributed by atoms with Gasteiger partial charge in [-0.2, -0.15) is 13.2 Å². The molecule has 0 unspecified atom stereocenters. The van der Waals surface area contributed by atoms with Crippen molar-refractivity contribution >= 4 is 5.91 Å². The Morgan fingerprint density at radius 3 is 2.35 bits per heavy atom. The molecule has 140 valence electrons. The molecule has 0 heterocycles. The van der Waals surface area contributed by atoms with Gasteiger partial charge in [0.25, 0.3) is 5.91 Å². The molecule has 0 aliphatic rings. The molecule has 0 aliphatic carbocycles. The van der Waals surface area contributed by atoms with E-state index >= 15 is 0 Å². The van der Waals surface area contributed by atoms with Crippen LogP contribution in [0.15, 0.2) is 48.5 Å². The maximum absolute atomic E-state index is 12.0. The van der Waals surface area contributed by atoms with Gasteiger partial charge in [0, 0.05) is 6.54 Å². The number of phenols is 1. The molecule has 0 radical (unpaired) electrons. The highest BCUT2D eigenvalue weighted by molar-refractivity contribution is 5.77. The Morgan fingerprint density at radius 2 is 1.69 bits per heavy atom. The minimum absolute atomic E-state index is 0.0522. The number of aromatic hydroxyl groups is 1. The predicted octanol–water partition coefficient (Wildman–Crippen LogP) is 3.17. The number of hydrogen-bond donors (Lipinski definition) is 2. The lowest BCUT2D eigenvalue weighted by Gasteiger charge is -2.10. The normalized spacial score (nSPS) is 11.2. The molecule has 0 saturated heterocycles. The molecular formula is C18H18F3NO4. The fourth-order valence-corrected chi connectivity index (χ4v) is 2.01. The summed E-state index contributed by atoms with van der Waals surface area (Å²) in [7, 11) is 0. The number of carbonyl (C=O) groups is 1. The summed E-state index contributed by atoms with van der Waals surface area (Å²) in [4.78, 5) is 11.8. The summed E-state index contributed by atoms with van der Waals surface area (Å²) in [6.07, 6.45) is -4.34. The average molecular weight is 369 g/mol. The number of carbonyl (C=O) groups excluding carboxylic acids is 1. The van der Waals surface area contributed by atoms with Crippen molar-refractivity contribution in [2.75, 3.05) is 13.2 Å². The van der Waals surface area contributed by atoms with Crippen molar-refractivity contribution < 1.29 is 32.5 Å². The van der Waals surface area contributed by atoms with E-state index in [2.05, 4.69) is 10.1 Å². The first-order chi connectivity index (χ1) is 12.3. The number of amides is 1. The lowest BCUT2D eigenvalue weighted by molar-refractivity contribution is -0.176. The first kappa shape index (κ1) is 19.6. The zero-order valence-electron chi connectivity index (χ0n) is 13.8. The van der Waals surface area contributed by atoms with Crippen LogP contribution in [-0.4, -0.2) is 30.4 Å². The summed E-state index contributed by atoms with van der Waals surface area (Å²) in [5.41, 5.74) is 1.38. The smallest absolute Gasteiger partial charge is 0.411 e. The quantitative estimate of drug-likeness (QED) is 0.750. The van der Waals surface area contributed by atoms with Crippen molar-refractivity contribution in [3.8, 4) is 11.5 Å². The summed E-state index contributed by atoms with van der Waals surface area (Å²) >= 11 is 0. The first-order valence-corrected chi connectivity index (χ1v) is 7.73. The molecule has 0 fully saturated rings. The Hall–Kier alpha value is -2.74. The second-order valence-corrected chi connectivity index (χ2v) is 5.46. The Morgan fingerprint density at radius 1 is 1.04 bits per heavy atom. The van der Waals surface area contributed by atoms with Crippen LogP contribution in [-0.2, 0) is 22.7 Å². The third kappa shape index (κ3) is 7.02. The van der Waals surface area contributed by atoms with Crippen LogP contribution in [0.2, 0.25) is 0 Å². The van der Waals surface area contributed by atoms with Crippen molar-refractivity contribution in [3.05, 3.63) is 59.7 Å². The van der Waals surface area contributed by atoms with Gasteiger partial charge in [-0.15, -0.1) is 0 Å². The van der Waals surface area contributed by atoms with Crippen molar-refractivity contribution in [1.29, 1.82) is 0 Å². The molecule has 0 saturated carbocycles. The molecule has 0 aliphatic heterocycles. The first-order valence-electron chi connectivity index (χ1n) is 7.73. The number of nitrogens with one attached hydrogen (secondary N) is 1. The molecule has 5 nitrogen and oxygen atoms in total. The molecule has 0 atom stereocenters. The van der Waals surface area contributed by atoms with Crippen LogP contribution in [0, 0.1) is 0 Å². The highest BCUT2D eigenvalue weighted by Gasteiger charge is 2.27. The monoisotopic (exact) mass is 369 g/mol. The molecule has 2 rings (SSSR count). The van der Waals surface area contributed by atoms with E-state index in [0.29, 0.717) is 5.56 Å². The summed E-state index contributed by atoms with van der Waals surface area (Å²) in [5, 5.41) is 12.2. The van der Waals surface area contributed by atoms with Crippen LogP contribution in [0.3, 0.4) is 0 Å². The van der Waals surface area contributed by atoms with Gasteiger partial charge < -0.3 is 19.9 Å². The van der Waals surface area contributed by atoms with Gasteiger partial charge in [-0.25, -0.2) is 0 Å². The largest absolute Gasteiger partial charge is 0.504 e. The molecule has 1 amide bonds.